The van der Waals surface area contributed by atoms with Crippen molar-refractivity contribution in [3.63, 3.8) is 0 Å². The van der Waals surface area contributed by atoms with Gasteiger partial charge in [-0.05, 0) is 54.6 Å². The zero-order chi connectivity index (χ0) is 37.9. The lowest BCUT2D eigenvalue weighted by Gasteiger charge is -2.31. The smallest absolute Gasteiger partial charge is 0.305 e. The lowest BCUT2D eigenvalue weighted by molar-refractivity contribution is -0.147. The molecule has 4 amide bonds. The quantitative estimate of drug-likeness (QED) is 0.105. The second kappa shape index (κ2) is 21.7. The number of carboxylic acid groups (broad SMARTS) is 1. The van der Waals surface area contributed by atoms with Gasteiger partial charge in [0.1, 0.15) is 6.54 Å². The molecular weight excluding hydrogens is 668 g/mol. The number of nitrogens with two attached hydrogens (primary N) is 2. The van der Waals surface area contributed by atoms with Crippen molar-refractivity contribution in [1.82, 2.24) is 20.0 Å². The number of benzene rings is 3. The van der Waals surface area contributed by atoms with Crippen molar-refractivity contribution in [3.8, 4) is 11.5 Å². The first-order valence-corrected chi connectivity index (χ1v) is 17.1. The van der Waals surface area contributed by atoms with Gasteiger partial charge in [0.2, 0.25) is 23.6 Å². The van der Waals surface area contributed by atoms with Crippen LogP contribution in [0.2, 0.25) is 0 Å². The van der Waals surface area contributed by atoms with Crippen molar-refractivity contribution in [3.05, 3.63) is 95.6 Å². The molecule has 280 valence electrons. The Bertz CT molecular complexity index is 1610. The topological polar surface area (TPSA) is 198 Å². The highest BCUT2D eigenvalue weighted by Crippen LogP contribution is 2.28. The molecule has 0 aliphatic rings. The molecule has 6 N–H and O–H groups in total. The normalized spacial score (nSPS) is 11.3. The van der Waals surface area contributed by atoms with E-state index in [0.29, 0.717) is 37.3 Å². The highest BCUT2D eigenvalue weighted by atomic mass is 16.5. The Kier molecular flexibility index (Phi) is 17.1. The summed E-state index contributed by atoms with van der Waals surface area (Å²) >= 11 is 0. The number of hydrogen-bond donors (Lipinski definition) is 4. The zero-order valence-corrected chi connectivity index (χ0v) is 29.9. The lowest BCUT2D eigenvalue weighted by atomic mass is 10.1. The molecule has 0 fully saturated rings. The van der Waals surface area contributed by atoms with Crippen LogP contribution < -0.4 is 26.3 Å². The van der Waals surface area contributed by atoms with E-state index < -0.39 is 48.6 Å². The summed E-state index contributed by atoms with van der Waals surface area (Å²) in [6.45, 7) is -0.207. The Morgan fingerprint density at radius 1 is 0.731 bits per heavy atom. The number of rotatable bonds is 23. The highest BCUT2D eigenvalue weighted by Gasteiger charge is 2.30. The molecule has 3 aromatic carbocycles. The molecule has 0 saturated heterocycles. The maximum absolute atomic E-state index is 14.2. The van der Waals surface area contributed by atoms with Crippen molar-refractivity contribution in [2.75, 3.05) is 53.5 Å². The van der Waals surface area contributed by atoms with Gasteiger partial charge >= 0.3 is 5.97 Å². The van der Waals surface area contributed by atoms with E-state index in [4.69, 9.17) is 20.9 Å². The van der Waals surface area contributed by atoms with E-state index in [1.807, 2.05) is 54.6 Å². The largest absolute Gasteiger partial charge is 0.493 e. The standard InChI is InChI=1S/C38H50N6O8/c1-51-32-16-15-28(21-33(32)52-2)17-20-43(38(50)31(22-37(48)49)41-23-29-11-5-3-6-12-29)26-36(47)44(24-30-13-7-4-8-14-30)27-35(46)42(25-34(40)45)19-10-9-18-39/h3-8,11-16,21,31,41H,9-10,17-20,22-27,39H2,1-2H3,(H2,40,45)(H,48,49)/t31-/m0/s1. The minimum atomic E-state index is -1.19. The van der Waals surface area contributed by atoms with E-state index in [1.165, 1.54) is 28.9 Å². The minimum absolute atomic E-state index is 0.0428. The van der Waals surface area contributed by atoms with Crippen LogP contribution in [0.1, 0.15) is 36.0 Å². The van der Waals surface area contributed by atoms with E-state index in [9.17, 15) is 29.1 Å². The van der Waals surface area contributed by atoms with E-state index in [-0.39, 0.29) is 39.3 Å². The van der Waals surface area contributed by atoms with Crippen LogP contribution in [0.15, 0.2) is 78.9 Å². The summed E-state index contributed by atoms with van der Waals surface area (Å²) < 4.78 is 10.8. The Morgan fingerprint density at radius 2 is 1.35 bits per heavy atom. The molecule has 52 heavy (non-hydrogen) atoms. The molecule has 0 bridgehead atoms. The van der Waals surface area contributed by atoms with Crippen LogP contribution >= 0.6 is 0 Å². The lowest BCUT2D eigenvalue weighted by Crippen LogP contribution is -2.52. The molecule has 14 nitrogen and oxygen atoms in total. The number of carboxylic acids is 1. The number of nitrogens with zero attached hydrogens (tertiary/aromatic N) is 3. The molecule has 0 heterocycles. The van der Waals surface area contributed by atoms with Gasteiger partial charge in [0.15, 0.2) is 11.5 Å². The third-order valence-electron chi connectivity index (χ3n) is 8.31. The molecule has 0 aromatic heterocycles. The molecule has 0 aliphatic heterocycles. The third kappa shape index (κ3) is 13.7. The number of carbonyl (C=O) groups excluding carboxylic acids is 4. The fourth-order valence-electron chi connectivity index (χ4n) is 5.54. The maximum atomic E-state index is 14.2. The van der Waals surface area contributed by atoms with Crippen LogP contribution in [0.25, 0.3) is 0 Å². The van der Waals surface area contributed by atoms with Crippen molar-refractivity contribution >= 4 is 29.6 Å². The molecule has 14 heteroatoms. The number of unbranched alkanes of at least 4 members (excludes halogenated alkanes) is 1. The molecule has 0 radical (unpaired) electrons. The van der Waals surface area contributed by atoms with Gasteiger partial charge in [-0.2, -0.15) is 0 Å². The molecule has 0 unspecified atom stereocenters. The van der Waals surface area contributed by atoms with Crippen molar-refractivity contribution < 1.29 is 38.6 Å². The number of primary amides is 1. The fourth-order valence-corrected chi connectivity index (χ4v) is 5.54. The molecule has 3 rings (SSSR count). The summed E-state index contributed by atoms with van der Waals surface area (Å²) in [6, 6.07) is 22.4. The summed E-state index contributed by atoms with van der Waals surface area (Å²) in [7, 11) is 3.03. The Hall–Kier alpha value is -5.47. The zero-order valence-electron chi connectivity index (χ0n) is 29.9. The van der Waals surface area contributed by atoms with Gasteiger partial charge < -0.3 is 46.1 Å². The monoisotopic (exact) mass is 718 g/mol. The molecule has 0 saturated carbocycles. The maximum Gasteiger partial charge on any atom is 0.305 e. The van der Waals surface area contributed by atoms with Crippen molar-refractivity contribution in [2.45, 2.75) is 44.8 Å². The second-order valence-corrected chi connectivity index (χ2v) is 12.2. The van der Waals surface area contributed by atoms with Gasteiger partial charge in [0, 0.05) is 26.2 Å². The summed E-state index contributed by atoms with van der Waals surface area (Å²) in [5, 5.41) is 12.8. The summed E-state index contributed by atoms with van der Waals surface area (Å²) in [5.41, 5.74) is 13.4. The summed E-state index contributed by atoms with van der Waals surface area (Å²) in [5.74, 6) is -2.49. The predicted octanol–water partition coefficient (Wildman–Crippen LogP) is 1.79. The minimum Gasteiger partial charge on any atom is -0.493 e. The number of amides is 4. The van der Waals surface area contributed by atoms with Gasteiger partial charge in [-0.25, -0.2) is 0 Å². The van der Waals surface area contributed by atoms with E-state index in [0.717, 1.165) is 16.7 Å². The number of carbonyl (C=O) groups is 5. The first-order valence-electron chi connectivity index (χ1n) is 17.1. The van der Waals surface area contributed by atoms with Crippen molar-refractivity contribution in [1.29, 1.82) is 0 Å². The van der Waals surface area contributed by atoms with Gasteiger partial charge in [0.25, 0.3) is 0 Å². The van der Waals surface area contributed by atoms with E-state index in [2.05, 4.69) is 5.32 Å². The van der Waals surface area contributed by atoms with Crippen LogP contribution in [0.4, 0.5) is 0 Å². The Labute approximate surface area is 304 Å². The number of hydrogen-bond acceptors (Lipinski definition) is 9. The first kappa shape index (κ1) is 41.0. The fraction of sp³-hybridized carbons (Fsp3) is 0.395. The second-order valence-electron chi connectivity index (χ2n) is 12.2. The average Bonchev–Trinajstić information content (AvgIpc) is 3.14. The first-order chi connectivity index (χ1) is 25.0. The Balaban J connectivity index is 1.94. The third-order valence-corrected chi connectivity index (χ3v) is 8.31. The van der Waals surface area contributed by atoms with Gasteiger partial charge in [0.05, 0.1) is 39.8 Å². The van der Waals surface area contributed by atoms with E-state index >= 15 is 0 Å². The van der Waals surface area contributed by atoms with Crippen LogP contribution in [-0.4, -0.2) is 109 Å². The molecule has 3 aromatic rings. The van der Waals surface area contributed by atoms with E-state index in [1.54, 1.807) is 24.3 Å². The molecular formula is C38H50N6O8. The molecule has 0 spiro atoms. The highest BCUT2D eigenvalue weighted by molar-refractivity contribution is 5.92. The van der Waals surface area contributed by atoms with Gasteiger partial charge in [-0.3, -0.25) is 24.0 Å². The van der Waals surface area contributed by atoms with Gasteiger partial charge in [-0.1, -0.05) is 66.7 Å². The molecule has 0 aliphatic carbocycles. The number of aliphatic carboxylic acids is 1. The summed E-state index contributed by atoms with van der Waals surface area (Å²) in [4.78, 5) is 69.7. The van der Waals surface area contributed by atoms with Crippen molar-refractivity contribution in [2.24, 2.45) is 11.5 Å². The average molecular weight is 719 g/mol. The van der Waals surface area contributed by atoms with Crippen LogP contribution in [0.3, 0.4) is 0 Å². The molecule has 1 atom stereocenters. The SMILES string of the molecule is COc1ccc(CCN(CC(=O)N(CC(=O)N(CCCCN)CC(N)=O)Cc2ccccc2)C(=O)[C@H](CC(=O)O)NCc2ccccc2)cc1OC. The Morgan fingerprint density at radius 3 is 1.94 bits per heavy atom. The van der Waals surface area contributed by atoms with Gasteiger partial charge in [-0.15, -0.1) is 0 Å². The predicted molar refractivity (Wildman–Crippen MR) is 195 cm³/mol. The van der Waals surface area contributed by atoms with Crippen LogP contribution in [-0.2, 0) is 43.5 Å². The number of methoxy groups -OCH3 is 2. The van der Waals surface area contributed by atoms with Crippen LogP contribution in [0.5, 0.6) is 11.5 Å². The van der Waals surface area contributed by atoms with Crippen LogP contribution in [0, 0.1) is 0 Å². The summed E-state index contributed by atoms with van der Waals surface area (Å²) in [6.07, 6.45) is 0.941. The number of ether oxygens (including phenoxy) is 2. The number of nitrogens with one attached hydrogen (secondary N) is 1.